The van der Waals surface area contributed by atoms with E-state index in [0.717, 1.165) is 5.56 Å². The van der Waals surface area contributed by atoms with Gasteiger partial charge in [0.25, 0.3) is 5.69 Å². The molecule has 19 heavy (non-hydrogen) atoms. The van der Waals surface area contributed by atoms with Crippen molar-refractivity contribution in [2.24, 2.45) is 0 Å². The van der Waals surface area contributed by atoms with Crippen LogP contribution in [0.4, 0.5) is 11.5 Å². The first-order valence-electron chi connectivity index (χ1n) is 5.33. The number of rotatable bonds is 4. The number of hydrogen-bond acceptors (Lipinski definition) is 5. The van der Waals surface area contributed by atoms with Crippen molar-refractivity contribution in [3.63, 3.8) is 0 Å². The summed E-state index contributed by atoms with van der Waals surface area (Å²) in [5.41, 5.74) is 6.28. The lowest BCUT2D eigenvalue weighted by Gasteiger charge is -2.08. The second-order valence-electron chi connectivity index (χ2n) is 3.75. The van der Waals surface area contributed by atoms with E-state index in [1.54, 1.807) is 24.4 Å². The third kappa shape index (κ3) is 3.41. The Hall–Kier alpha value is -2.15. The molecule has 0 fully saturated rings. The smallest absolute Gasteiger partial charge is 0.273 e. The molecule has 0 saturated heterocycles. The Morgan fingerprint density at radius 1 is 1.37 bits per heavy atom. The number of benzene rings is 1. The van der Waals surface area contributed by atoms with E-state index in [1.807, 2.05) is 0 Å². The molecule has 0 saturated carbocycles. The van der Waals surface area contributed by atoms with Gasteiger partial charge in [-0.25, -0.2) is 4.98 Å². The minimum atomic E-state index is -0.468. The molecule has 0 amide bonds. The summed E-state index contributed by atoms with van der Waals surface area (Å²) in [6.45, 7) is 0.257. The highest BCUT2D eigenvalue weighted by Gasteiger charge is 2.10. The van der Waals surface area contributed by atoms with Crippen LogP contribution in [-0.4, -0.2) is 9.91 Å². The molecule has 2 rings (SSSR count). The molecule has 1 aromatic heterocycles. The van der Waals surface area contributed by atoms with Crippen LogP contribution < -0.4 is 10.5 Å². The molecule has 0 atom stereocenters. The summed E-state index contributed by atoms with van der Waals surface area (Å²) < 4.78 is 6.18. The van der Waals surface area contributed by atoms with Gasteiger partial charge in [-0.2, -0.15) is 0 Å². The Balaban J connectivity index is 2.12. The van der Waals surface area contributed by atoms with Gasteiger partial charge < -0.3 is 10.5 Å². The molecular formula is C12H10BrN3O3. The molecule has 0 aliphatic rings. The number of nitrogen functional groups attached to an aromatic ring is 1. The summed E-state index contributed by atoms with van der Waals surface area (Å²) >= 11 is 3.28. The van der Waals surface area contributed by atoms with Gasteiger partial charge in [0.05, 0.1) is 15.5 Å². The Kier molecular flexibility index (Phi) is 3.96. The third-order valence-corrected chi connectivity index (χ3v) is 3.02. The molecule has 1 aromatic carbocycles. The van der Waals surface area contributed by atoms with Crippen LogP contribution >= 0.6 is 15.9 Å². The number of nitro groups is 1. The summed E-state index contributed by atoms with van der Waals surface area (Å²) in [7, 11) is 0. The molecule has 7 heteroatoms. The molecule has 2 N–H and O–H groups in total. The first-order valence-corrected chi connectivity index (χ1v) is 6.12. The molecule has 0 bridgehead atoms. The van der Waals surface area contributed by atoms with Crippen molar-refractivity contribution >= 4 is 27.4 Å². The average Bonchev–Trinajstić information content (AvgIpc) is 2.39. The maximum atomic E-state index is 10.7. The topological polar surface area (TPSA) is 91.3 Å². The predicted molar refractivity (Wildman–Crippen MR) is 73.8 cm³/mol. The summed E-state index contributed by atoms with van der Waals surface area (Å²) in [6.07, 6.45) is 1.60. The Morgan fingerprint density at radius 3 is 2.79 bits per heavy atom. The molecular weight excluding hydrogens is 314 g/mol. The van der Waals surface area contributed by atoms with Crippen molar-refractivity contribution in [1.29, 1.82) is 0 Å². The van der Waals surface area contributed by atoms with Crippen LogP contribution in [0.1, 0.15) is 5.56 Å². The van der Waals surface area contributed by atoms with Gasteiger partial charge in [0.2, 0.25) is 0 Å². The van der Waals surface area contributed by atoms with Crippen molar-refractivity contribution in [2.75, 3.05) is 5.73 Å². The lowest BCUT2D eigenvalue weighted by molar-refractivity contribution is -0.385. The van der Waals surface area contributed by atoms with Gasteiger partial charge in [0.15, 0.2) is 0 Å². The number of nitrogens with zero attached hydrogens (tertiary/aromatic N) is 2. The second-order valence-corrected chi connectivity index (χ2v) is 4.61. The van der Waals surface area contributed by atoms with Crippen LogP contribution in [-0.2, 0) is 6.61 Å². The van der Waals surface area contributed by atoms with Crippen molar-refractivity contribution in [1.82, 2.24) is 4.98 Å². The SMILES string of the molecule is Nc1ccc(COc2cc([N+](=O)[O-])ccc2Br)cn1. The molecule has 6 nitrogen and oxygen atoms in total. The number of anilines is 1. The quantitative estimate of drug-likeness (QED) is 0.690. The fourth-order valence-corrected chi connectivity index (χ4v) is 1.76. The van der Waals surface area contributed by atoms with E-state index in [2.05, 4.69) is 20.9 Å². The molecule has 0 aliphatic carbocycles. The van der Waals surface area contributed by atoms with Crippen molar-refractivity contribution in [3.05, 3.63) is 56.7 Å². The maximum absolute atomic E-state index is 10.7. The number of pyridine rings is 1. The largest absolute Gasteiger partial charge is 0.487 e. The number of aromatic nitrogens is 1. The van der Waals surface area contributed by atoms with Gasteiger partial charge in [-0.15, -0.1) is 0 Å². The van der Waals surface area contributed by atoms with Gasteiger partial charge in [-0.1, -0.05) is 6.07 Å². The monoisotopic (exact) mass is 323 g/mol. The Labute approximate surface area is 117 Å². The van der Waals surface area contributed by atoms with Gasteiger partial charge in [0.1, 0.15) is 18.2 Å². The summed E-state index contributed by atoms with van der Waals surface area (Å²) in [4.78, 5) is 14.2. The lowest BCUT2D eigenvalue weighted by atomic mass is 10.3. The summed E-state index contributed by atoms with van der Waals surface area (Å²) in [5.74, 6) is 0.839. The number of non-ortho nitro benzene ring substituents is 1. The van der Waals surface area contributed by atoms with Gasteiger partial charge in [-0.3, -0.25) is 10.1 Å². The van der Waals surface area contributed by atoms with Crippen LogP contribution in [0.2, 0.25) is 0 Å². The van der Waals surface area contributed by atoms with Crippen LogP contribution in [0, 0.1) is 10.1 Å². The summed E-state index contributed by atoms with van der Waals surface area (Å²) in [5, 5.41) is 10.7. The lowest BCUT2D eigenvalue weighted by Crippen LogP contribution is -1.99. The summed E-state index contributed by atoms with van der Waals surface area (Å²) in [6, 6.07) is 7.81. The van der Waals surface area contributed by atoms with Gasteiger partial charge >= 0.3 is 0 Å². The van der Waals surface area contributed by atoms with Gasteiger partial charge in [-0.05, 0) is 28.1 Å². The third-order valence-electron chi connectivity index (χ3n) is 2.37. The number of nitro benzene ring substituents is 1. The van der Waals surface area contributed by atoms with Crippen molar-refractivity contribution < 1.29 is 9.66 Å². The normalized spacial score (nSPS) is 10.2. The molecule has 0 aliphatic heterocycles. The van der Waals surface area contributed by atoms with Crippen LogP contribution in [0.3, 0.4) is 0 Å². The van der Waals surface area contributed by atoms with E-state index in [0.29, 0.717) is 16.0 Å². The first-order chi connectivity index (χ1) is 9.06. The number of halogens is 1. The van der Waals surface area contributed by atoms with E-state index in [1.165, 1.54) is 12.1 Å². The fourth-order valence-electron chi connectivity index (χ4n) is 1.40. The fraction of sp³-hybridized carbons (Fsp3) is 0.0833. The molecule has 0 radical (unpaired) electrons. The van der Waals surface area contributed by atoms with Crippen molar-refractivity contribution in [2.45, 2.75) is 6.61 Å². The van der Waals surface area contributed by atoms with Crippen LogP contribution in [0.5, 0.6) is 5.75 Å². The predicted octanol–water partition coefficient (Wildman–Crippen LogP) is 2.91. The highest BCUT2D eigenvalue weighted by molar-refractivity contribution is 9.10. The molecule has 98 valence electrons. The second kappa shape index (κ2) is 5.66. The number of ether oxygens (including phenoxy) is 1. The van der Waals surface area contributed by atoms with E-state index < -0.39 is 4.92 Å². The Morgan fingerprint density at radius 2 is 2.16 bits per heavy atom. The molecule has 1 heterocycles. The number of nitrogens with two attached hydrogens (primary N) is 1. The van der Waals surface area contributed by atoms with Crippen LogP contribution in [0.15, 0.2) is 41.0 Å². The minimum Gasteiger partial charge on any atom is -0.487 e. The zero-order valence-corrected chi connectivity index (χ0v) is 11.3. The van der Waals surface area contributed by atoms with E-state index in [9.17, 15) is 10.1 Å². The van der Waals surface area contributed by atoms with Crippen molar-refractivity contribution in [3.8, 4) is 5.75 Å². The average molecular weight is 324 g/mol. The molecule has 2 aromatic rings. The first kappa shape index (κ1) is 13.3. The zero-order valence-electron chi connectivity index (χ0n) is 9.75. The highest BCUT2D eigenvalue weighted by atomic mass is 79.9. The standard InChI is InChI=1S/C12H10BrN3O3/c13-10-3-2-9(16(17)18)5-11(10)19-7-8-1-4-12(14)15-6-8/h1-6H,7H2,(H2,14,15). The van der Waals surface area contributed by atoms with E-state index in [4.69, 9.17) is 10.5 Å². The van der Waals surface area contributed by atoms with E-state index >= 15 is 0 Å². The zero-order chi connectivity index (χ0) is 13.8. The van der Waals surface area contributed by atoms with Crippen LogP contribution in [0.25, 0.3) is 0 Å². The Bertz CT molecular complexity index is 602. The van der Waals surface area contributed by atoms with Gasteiger partial charge in [0, 0.05) is 17.8 Å². The molecule has 0 unspecified atom stereocenters. The van der Waals surface area contributed by atoms with E-state index in [-0.39, 0.29) is 12.3 Å². The highest BCUT2D eigenvalue weighted by Crippen LogP contribution is 2.29. The molecule has 0 spiro atoms. The minimum absolute atomic E-state index is 0.0198. The maximum Gasteiger partial charge on any atom is 0.273 e. The number of hydrogen-bond donors (Lipinski definition) is 1.